The molecule has 2 unspecified atom stereocenters. The number of hydrogen-bond acceptors (Lipinski definition) is 8. The van der Waals surface area contributed by atoms with E-state index in [4.69, 9.17) is 92.9 Å². The minimum atomic E-state index is -0.671. The molecule has 5 aromatic carbocycles. The van der Waals surface area contributed by atoms with Gasteiger partial charge in [-0.1, -0.05) is 158 Å². The number of ketones is 1. The summed E-state index contributed by atoms with van der Waals surface area (Å²) in [4.78, 5) is 49.2. The van der Waals surface area contributed by atoms with Gasteiger partial charge in [0, 0.05) is 40.4 Å². The average molecular weight is 1090 g/mol. The molecular formula is C55H55Cl5N4O5S2. The zero-order chi connectivity index (χ0) is 52.5. The molecule has 0 aromatic heterocycles. The van der Waals surface area contributed by atoms with Gasteiger partial charge >= 0.3 is 5.97 Å². The molecule has 0 bridgehead atoms. The SMILES string of the molecule is C=C1C=C(Cl)C(C(=O)Nc2ccc(CC(NC(=S)c3c(C)cccc3CC)C(=O)OC)cc2)=C(Cl)C1.CCc1cccc(C)c1C(=S)NC(Cc1ccc(N)cc1)C(C)=O.O=C(Cl)c1c(Cl)cccc1Cl. The molecule has 0 spiro atoms. The van der Waals surface area contributed by atoms with Gasteiger partial charge < -0.3 is 26.4 Å². The highest BCUT2D eigenvalue weighted by Crippen LogP contribution is 2.33. The molecule has 1 amide bonds. The van der Waals surface area contributed by atoms with Gasteiger partial charge in [-0.2, -0.15) is 0 Å². The summed E-state index contributed by atoms with van der Waals surface area (Å²) in [7, 11) is 1.35. The summed E-state index contributed by atoms with van der Waals surface area (Å²) in [5.74, 6) is -0.741. The Morgan fingerprint density at radius 1 is 0.704 bits per heavy atom. The zero-order valence-corrected chi connectivity index (χ0v) is 45.5. The summed E-state index contributed by atoms with van der Waals surface area (Å²) in [5, 5.41) is 9.78. The number of methoxy groups -OCH3 is 1. The number of rotatable bonds is 15. The summed E-state index contributed by atoms with van der Waals surface area (Å²) >= 11 is 40.2. The summed E-state index contributed by atoms with van der Waals surface area (Å²) in [6, 6.07) is 30.7. The molecule has 2 atom stereocenters. The van der Waals surface area contributed by atoms with Crippen molar-refractivity contribution in [3.05, 3.63) is 197 Å². The van der Waals surface area contributed by atoms with E-state index in [0.717, 1.165) is 57.4 Å². The monoisotopic (exact) mass is 1090 g/mol. The molecule has 16 heteroatoms. The molecule has 0 saturated heterocycles. The lowest BCUT2D eigenvalue weighted by Crippen LogP contribution is -2.43. The number of hydrogen-bond donors (Lipinski definition) is 4. The molecule has 0 fully saturated rings. The van der Waals surface area contributed by atoms with Crippen LogP contribution in [-0.2, 0) is 44.8 Å². The first-order chi connectivity index (χ1) is 33.7. The second-order valence-corrected chi connectivity index (χ2v) is 19.2. The fourth-order valence-corrected chi connectivity index (χ4v) is 9.97. The summed E-state index contributed by atoms with van der Waals surface area (Å²) < 4.78 is 5.02. The normalized spacial score (nSPS) is 12.7. The van der Waals surface area contributed by atoms with E-state index < -0.39 is 23.2 Å². The van der Waals surface area contributed by atoms with Crippen molar-refractivity contribution in [1.29, 1.82) is 0 Å². The van der Waals surface area contributed by atoms with Gasteiger partial charge in [0.2, 0.25) is 0 Å². The van der Waals surface area contributed by atoms with Gasteiger partial charge in [0.05, 0.1) is 39.4 Å². The Hall–Kier alpha value is -5.37. The van der Waals surface area contributed by atoms with Crippen molar-refractivity contribution >= 4 is 127 Å². The minimum absolute atomic E-state index is 0.0702. The topological polar surface area (TPSA) is 140 Å². The molecule has 5 aromatic rings. The van der Waals surface area contributed by atoms with Crippen LogP contribution in [-0.4, -0.2) is 52.1 Å². The molecule has 0 radical (unpaired) electrons. The van der Waals surface area contributed by atoms with Gasteiger partial charge in [-0.3, -0.25) is 14.4 Å². The molecule has 0 saturated carbocycles. The number of thiocarbonyl (C=S) groups is 2. The average Bonchev–Trinajstić information content (AvgIpc) is 3.31. The molecule has 372 valence electrons. The molecule has 6 rings (SSSR count). The van der Waals surface area contributed by atoms with Crippen LogP contribution in [0.4, 0.5) is 11.4 Å². The highest BCUT2D eigenvalue weighted by molar-refractivity contribution is 7.81. The molecule has 0 aliphatic heterocycles. The largest absolute Gasteiger partial charge is 0.467 e. The lowest BCUT2D eigenvalue weighted by molar-refractivity contribution is -0.142. The van der Waals surface area contributed by atoms with Crippen molar-refractivity contribution in [2.45, 2.75) is 78.8 Å². The van der Waals surface area contributed by atoms with E-state index in [1.54, 1.807) is 43.3 Å². The molecule has 5 N–H and O–H groups in total. The Balaban J connectivity index is 0.000000267. The molecule has 1 aliphatic carbocycles. The Bertz CT molecular complexity index is 2850. The number of Topliss-reactive ketones (excluding diaryl/α,β-unsaturated/α-hetero) is 1. The maximum atomic E-state index is 12.7. The van der Waals surface area contributed by atoms with Crippen LogP contribution in [0, 0.1) is 13.8 Å². The van der Waals surface area contributed by atoms with Gasteiger partial charge in [0.1, 0.15) is 16.0 Å². The first-order valence-electron chi connectivity index (χ1n) is 22.4. The van der Waals surface area contributed by atoms with E-state index in [9.17, 15) is 19.2 Å². The first kappa shape index (κ1) is 58.2. The third kappa shape index (κ3) is 16.9. The Kier molecular flexibility index (Phi) is 23.0. The standard InChI is InChI=1S/C28H28Cl2N2O3S.C20H24N2OS.C7H3Cl3O/c1-5-19-8-6-7-17(3)24(19)27(36)32-23(28(34)35-4)15-18-9-11-20(12-10-18)31-26(33)25-21(29)13-16(2)14-22(25)30;1-4-16-7-5-6-13(2)19(16)20(24)22-18(14(3)23)12-15-8-10-17(21)11-9-15;8-4-2-1-3-5(9)6(4)7(10)11/h6-13,23H,2,5,14-15H2,1,3-4H3,(H,31,33)(H,32,36);5-11,18H,4,12,21H2,1-3H3,(H,22,24);1-3H. The predicted molar refractivity (Wildman–Crippen MR) is 302 cm³/mol. The van der Waals surface area contributed by atoms with Crippen LogP contribution in [0.3, 0.4) is 0 Å². The Labute approximate surface area is 452 Å². The van der Waals surface area contributed by atoms with Crippen molar-refractivity contribution in [3.63, 3.8) is 0 Å². The number of carbonyl (C=O) groups is 4. The number of anilines is 2. The second-order valence-electron chi connectivity index (χ2n) is 16.4. The number of carbonyl (C=O) groups excluding carboxylic acids is 4. The Morgan fingerprint density at radius 3 is 1.61 bits per heavy atom. The number of amides is 1. The van der Waals surface area contributed by atoms with Crippen molar-refractivity contribution in [1.82, 2.24) is 10.6 Å². The third-order valence-electron chi connectivity index (χ3n) is 11.2. The number of allylic oxidation sites excluding steroid dienone is 3. The van der Waals surface area contributed by atoms with E-state index in [1.807, 2.05) is 80.6 Å². The number of nitrogen functional groups attached to an aromatic ring is 1. The predicted octanol–water partition coefficient (Wildman–Crippen LogP) is 13.1. The van der Waals surface area contributed by atoms with E-state index in [1.165, 1.54) is 12.7 Å². The van der Waals surface area contributed by atoms with Crippen molar-refractivity contribution in [3.8, 4) is 0 Å². The number of benzene rings is 5. The van der Waals surface area contributed by atoms with Gasteiger partial charge in [-0.05, 0) is 133 Å². The van der Waals surface area contributed by atoms with Crippen LogP contribution in [0.5, 0.6) is 0 Å². The maximum Gasteiger partial charge on any atom is 0.328 e. The highest BCUT2D eigenvalue weighted by atomic mass is 35.5. The van der Waals surface area contributed by atoms with Crippen molar-refractivity contribution < 1.29 is 23.9 Å². The van der Waals surface area contributed by atoms with Gasteiger partial charge in [0.25, 0.3) is 11.1 Å². The van der Waals surface area contributed by atoms with E-state index in [-0.39, 0.29) is 38.0 Å². The number of esters is 1. The summed E-state index contributed by atoms with van der Waals surface area (Å²) in [6.45, 7) is 13.7. The van der Waals surface area contributed by atoms with Crippen LogP contribution >= 0.6 is 82.4 Å². The molecule has 1 aliphatic rings. The number of ether oxygens (including phenoxy) is 1. The lowest BCUT2D eigenvalue weighted by Gasteiger charge is -2.21. The van der Waals surface area contributed by atoms with E-state index in [0.29, 0.717) is 45.6 Å². The molecule has 71 heavy (non-hydrogen) atoms. The van der Waals surface area contributed by atoms with Gasteiger partial charge in [0.15, 0.2) is 5.78 Å². The van der Waals surface area contributed by atoms with Crippen molar-refractivity contribution in [2.24, 2.45) is 0 Å². The van der Waals surface area contributed by atoms with Crippen LogP contribution in [0.25, 0.3) is 0 Å². The smallest absolute Gasteiger partial charge is 0.328 e. The van der Waals surface area contributed by atoms with Crippen molar-refractivity contribution in [2.75, 3.05) is 18.2 Å². The second kappa shape index (κ2) is 28.0. The number of nitrogens with two attached hydrogens (primary N) is 1. The first-order valence-corrected chi connectivity index (χ1v) is 25.1. The summed E-state index contributed by atoms with van der Waals surface area (Å²) in [5.41, 5.74) is 16.5. The third-order valence-corrected chi connectivity index (χ3v) is 13.3. The van der Waals surface area contributed by atoms with Gasteiger partial charge in [-0.15, -0.1) is 0 Å². The van der Waals surface area contributed by atoms with Crippen LogP contribution in [0.2, 0.25) is 10.0 Å². The molecule has 0 heterocycles. The number of halogens is 5. The minimum Gasteiger partial charge on any atom is -0.467 e. The quantitative estimate of drug-likeness (QED) is 0.0347. The highest BCUT2D eigenvalue weighted by Gasteiger charge is 2.25. The maximum absolute atomic E-state index is 12.7. The van der Waals surface area contributed by atoms with Crippen LogP contribution in [0.1, 0.15) is 82.1 Å². The van der Waals surface area contributed by atoms with Gasteiger partial charge in [-0.25, -0.2) is 4.79 Å². The lowest BCUT2D eigenvalue weighted by atomic mass is 9.98. The number of nitrogens with one attached hydrogen (secondary N) is 3. The van der Waals surface area contributed by atoms with Crippen LogP contribution < -0.4 is 21.7 Å². The fourth-order valence-electron chi connectivity index (χ4n) is 7.47. The zero-order valence-electron chi connectivity index (χ0n) is 40.1. The van der Waals surface area contributed by atoms with E-state index in [2.05, 4.69) is 42.4 Å². The molecular weight excluding hydrogens is 1040 g/mol. The van der Waals surface area contributed by atoms with Crippen LogP contribution in [0.15, 0.2) is 137 Å². The number of aryl methyl sites for hydroxylation is 4. The fraction of sp³-hybridized carbons (Fsp3) is 0.236. The Morgan fingerprint density at radius 2 is 1.17 bits per heavy atom. The van der Waals surface area contributed by atoms with E-state index >= 15 is 0 Å². The summed E-state index contributed by atoms with van der Waals surface area (Å²) in [6.07, 6.45) is 4.68. The molecule has 9 nitrogen and oxygen atoms in total.